The van der Waals surface area contributed by atoms with Crippen LogP contribution in [-0.2, 0) is 0 Å². The molecule has 0 aliphatic carbocycles. The summed E-state index contributed by atoms with van der Waals surface area (Å²) in [5.41, 5.74) is 5.55. The molecule has 1 aliphatic rings. The highest BCUT2D eigenvalue weighted by Gasteiger charge is 2.35. The summed E-state index contributed by atoms with van der Waals surface area (Å²) in [4.78, 5) is 9.11. The predicted molar refractivity (Wildman–Crippen MR) is 105 cm³/mol. The summed E-state index contributed by atoms with van der Waals surface area (Å²) in [6, 6.07) is 8.46. The number of hydrogen-bond donors (Lipinski definition) is 0. The summed E-state index contributed by atoms with van der Waals surface area (Å²) in [5, 5.41) is 1.16. The van der Waals surface area contributed by atoms with E-state index in [9.17, 15) is 0 Å². The molecule has 4 nitrogen and oxygen atoms in total. The van der Waals surface area contributed by atoms with Crippen LogP contribution < -0.4 is 9.80 Å². The van der Waals surface area contributed by atoms with Crippen molar-refractivity contribution in [3.63, 3.8) is 0 Å². The first-order valence-corrected chi connectivity index (χ1v) is 8.67. The van der Waals surface area contributed by atoms with Crippen LogP contribution in [-0.4, -0.2) is 18.2 Å². The highest BCUT2D eigenvalue weighted by atomic mass is 16.3. The van der Waals surface area contributed by atoms with Gasteiger partial charge >= 0.3 is 0 Å². The SMILES string of the molecule is C/C=C\c1c(C)oc2c(N3c4cccnc4N(C)[C@H]3C)c(C)ccc12. The van der Waals surface area contributed by atoms with Crippen molar-refractivity contribution in [2.24, 2.45) is 0 Å². The number of allylic oxidation sites excluding steroid dienone is 1. The number of pyridine rings is 1. The standard InChI is InChI=1S/C21H23N3O/c1-6-8-16-14(3)25-20-17(16)11-10-13(2)19(20)24-15(4)23(5)21-18(24)9-7-12-22-21/h6-12,15H,1-5H3/b8-6-/t15-/m1/s1. The van der Waals surface area contributed by atoms with E-state index in [1.165, 1.54) is 5.56 Å². The molecule has 3 aromatic rings. The molecule has 0 bridgehead atoms. The molecule has 0 radical (unpaired) electrons. The maximum absolute atomic E-state index is 6.24. The molecule has 1 atom stereocenters. The summed E-state index contributed by atoms with van der Waals surface area (Å²) < 4.78 is 6.24. The third kappa shape index (κ3) is 2.17. The number of nitrogens with zero attached hydrogens (tertiary/aromatic N) is 3. The molecule has 4 rings (SSSR count). The van der Waals surface area contributed by atoms with E-state index in [-0.39, 0.29) is 6.17 Å². The second kappa shape index (κ2) is 5.66. The lowest BCUT2D eigenvalue weighted by atomic mass is 10.1. The zero-order valence-corrected chi connectivity index (χ0v) is 15.4. The average Bonchev–Trinajstić information content (AvgIpc) is 3.05. The zero-order valence-electron chi connectivity index (χ0n) is 15.4. The number of aromatic nitrogens is 1. The van der Waals surface area contributed by atoms with E-state index in [0.717, 1.165) is 39.5 Å². The molecule has 128 valence electrons. The van der Waals surface area contributed by atoms with Gasteiger partial charge in [-0.15, -0.1) is 0 Å². The molecular weight excluding hydrogens is 310 g/mol. The van der Waals surface area contributed by atoms with Gasteiger partial charge in [0.1, 0.15) is 11.9 Å². The van der Waals surface area contributed by atoms with Crippen LogP contribution in [0.1, 0.15) is 30.7 Å². The lowest BCUT2D eigenvalue weighted by Gasteiger charge is -2.28. The minimum absolute atomic E-state index is 0.171. The van der Waals surface area contributed by atoms with Crippen molar-refractivity contribution in [1.82, 2.24) is 4.98 Å². The van der Waals surface area contributed by atoms with E-state index in [4.69, 9.17) is 4.42 Å². The van der Waals surface area contributed by atoms with E-state index in [0.29, 0.717) is 0 Å². The smallest absolute Gasteiger partial charge is 0.158 e. The van der Waals surface area contributed by atoms with Gasteiger partial charge < -0.3 is 14.2 Å². The Balaban J connectivity index is 2.02. The van der Waals surface area contributed by atoms with Crippen molar-refractivity contribution in [1.29, 1.82) is 0 Å². The quantitative estimate of drug-likeness (QED) is 0.627. The molecule has 1 aromatic carbocycles. The molecule has 4 heteroatoms. The molecule has 25 heavy (non-hydrogen) atoms. The number of fused-ring (bicyclic) bond motifs is 2. The number of benzene rings is 1. The van der Waals surface area contributed by atoms with Crippen LogP contribution in [0, 0.1) is 13.8 Å². The first kappa shape index (κ1) is 15.8. The van der Waals surface area contributed by atoms with Gasteiger partial charge in [-0.25, -0.2) is 4.98 Å². The number of furan rings is 1. The lowest BCUT2D eigenvalue weighted by molar-refractivity contribution is 0.575. The summed E-state index contributed by atoms with van der Waals surface area (Å²) in [6.07, 6.45) is 6.20. The van der Waals surface area contributed by atoms with Crippen LogP contribution >= 0.6 is 0 Å². The Hall–Kier alpha value is -2.75. The van der Waals surface area contributed by atoms with E-state index < -0.39 is 0 Å². The van der Waals surface area contributed by atoms with E-state index in [1.807, 2.05) is 26.1 Å². The minimum atomic E-state index is 0.171. The third-order valence-electron chi connectivity index (χ3n) is 5.13. The second-order valence-corrected chi connectivity index (χ2v) is 6.64. The van der Waals surface area contributed by atoms with Crippen LogP contribution in [0.4, 0.5) is 17.2 Å². The molecule has 0 saturated carbocycles. The number of aryl methyl sites for hydroxylation is 2. The summed E-state index contributed by atoms with van der Waals surface area (Å²) >= 11 is 0. The Kier molecular flexibility index (Phi) is 3.57. The number of rotatable bonds is 2. The van der Waals surface area contributed by atoms with Crippen LogP contribution in [0.25, 0.3) is 17.0 Å². The molecule has 0 unspecified atom stereocenters. The second-order valence-electron chi connectivity index (χ2n) is 6.64. The van der Waals surface area contributed by atoms with Crippen LogP contribution in [0.3, 0.4) is 0 Å². The summed E-state index contributed by atoms with van der Waals surface area (Å²) in [7, 11) is 2.09. The molecule has 0 spiro atoms. The lowest BCUT2D eigenvalue weighted by Crippen LogP contribution is -2.36. The van der Waals surface area contributed by atoms with Gasteiger partial charge in [0, 0.05) is 24.2 Å². The van der Waals surface area contributed by atoms with Gasteiger partial charge in [0.25, 0.3) is 0 Å². The van der Waals surface area contributed by atoms with Gasteiger partial charge in [-0.05, 0) is 45.4 Å². The maximum Gasteiger partial charge on any atom is 0.158 e. The van der Waals surface area contributed by atoms with Crippen molar-refractivity contribution < 1.29 is 4.42 Å². The molecule has 1 aliphatic heterocycles. The largest absolute Gasteiger partial charge is 0.459 e. The van der Waals surface area contributed by atoms with Gasteiger partial charge in [0.15, 0.2) is 11.4 Å². The molecular formula is C21H23N3O. The van der Waals surface area contributed by atoms with Crippen molar-refractivity contribution >= 4 is 34.2 Å². The predicted octanol–water partition coefficient (Wildman–Crippen LogP) is 5.41. The highest BCUT2D eigenvalue weighted by molar-refractivity contribution is 6.00. The normalized spacial score (nSPS) is 17.1. The zero-order chi connectivity index (χ0) is 17.7. The summed E-state index contributed by atoms with van der Waals surface area (Å²) in [5.74, 6) is 1.95. The first-order valence-electron chi connectivity index (χ1n) is 8.67. The van der Waals surface area contributed by atoms with E-state index in [1.54, 1.807) is 0 Å². The summed E-state index contributed by atoms with van der Waals surface area (Å²) in [6.45, 7) is 8.40. The average molecular weight is 333 g/mol. The van der Waals surface area contributed by atoms with Gasteiger partial charge in [0.2, 0.25) is 0 Å². The minimum Gasteiger partial charge on any atom is -0.459 e. The van der Waals surface area contributed by atoms with Crippen LogP contribution in [0.15, 0.2) is 41.0 Å². The Morgan fingerprint density at radius 1 is 1.20 bits per heavy atom. The van der Waals surface area contributed by atoms with Crippen molar-refractivity contribution in [3.05, 3.63) is 53.4 Å². The molecule has 3 heterocycles. The number of anilines is 3. The molecule has 0 amide bonds. The Morgan fingerprint density at radius 2 is 2.00 bits per heavy atom. The first-order chi connectivity index (χ1) is 12.0. The molecule has 0 saturated heterocycles. The molecule has 0 fully saturated rings. The molecule has 2 aromatic heterocycles. The van der Waals surface area contributed by atoms with Gasteiger partial charge in [-0.3, -0.25) is 0 Å². The third-order valence-corrected chi connectivity index (χ3v) is 5.13. The van der Waals surface area contributed by atoms with Crippen LogP contribution in [0.5, 0.6) is 0 Å². The maximum atomic E-state index is 6.24. The van der Waals surface area contributed by atoms with Crippen molar-refractivity contribution in [3.8, 4) is 0 Å². The fraction of sp³-hybridized carbons (Fsp3) is 0.286. The Bertz CT molecular complexity index is 986. The van der Waals surface area contributed by atoms with Gasteiger partial charge in [-0.1, -0.05) is 24.3 Å². The van der Waals surface area contributed by atoms with Crippen molar-refractivity contribution in [2.75, 3.05) is 16.8 Å². The van der Waals surface area contributed by atoms with Crippen molar-refractivity contribution in [2.45, 2.75) is 33.9 Å². The van der Waals surface area contributed by atoms with Gasteiger partial charge in [-0.2, -0.15) is 0 Å². The number of hydrogen-bond acceptors (Lipinski definition) is 4. The topological polar surface area (TPSA) is 32.5 Å². The Labute approximate surface area is 148 Å². The monoisotopic (exact) mass is 333 g/mol. The highest BCUT2D eigenvalue weighted by Crippen LogP contribution is 2.46. The van der Waals surface area contributed by atoms with E-state index >= 15 is 0 Å². The van der Waals surface area contributed by atoms with Gasteiger partial charge in [0.05, 0.1) is 11.4 Å². The fourth-order valence-electron chi connectivity index (χ4n) is 3.76. The molecule has 0 N–H and O–H groups in total. The fourth-order valence-corrected chi connectivity index (χ4v) is 3.76. The van der Waals surface area contributed by atoms with E-state index in [2.05, 4.69) is 66.0 Å². The Morgan fingerprint density at radius 3 is 2.76 bits per heavy atom. The van der Waals surface area contributed by atoms with Crippen LogP contribution in [0.2, 0.25) is 0 Å².